The second kappa shape index (κ2) is 6.01. The van der Waals surface area contributed by atoms with Crippen molar-refractivity contribution >= 4 is 17.2 Å². The standard InChI is InChI=1S/C16H12N4O2/c21-20(22)14-8-4-5-12(9-14)15-10-16(18-11-17-15)19-13-6-2-1-3-7-13/h1-11H,(H,17,18,19). The number of para-hydroxylation sites is 1. The van der Waals surface area contributed by atoms with Gasteiger partial charge in [0, 0.05) is 29.4 Å². The first-order valence-corrected chi connectivity index (χ1v) is 6.61. The Morgan fingerprint density at radius 3 is 2.55 bits per heavy atom. The molecule has 1 aromatic heterocycles. The zero-order valence-corrected chi connectivity index (χ0v) is 11.5. The Labute approximate surface area is 126 Å². The van der Waals surface area contributed by atoms with Gasteiger partial charge in [-0.15, -0.1) is 0 Å². The van der Waals surface area contributed by atoms with E-state index in [1.54, 1.807) is 18.2 Å². The van der Waals surface area contributed by atoms with Gasteiger partial charge in [0.25, 0.3) is 5.69 Å². The van der Waals surface area contributed by atoms with Crippen LogP contribution < -0.4 is 5.32 Å². The summed E-state index contributed by atoms with van der Waals surface area (Å²) in [6.07, 6.45) is 1.43. The quantitative estimate of drug-likeness (QED) is 0.584. The fourth-order valence-electron chi connectivity index (χ4n) is 2.03. The van der Waals surface area contributed by atoms with Crippen molar-refractivity contribution in [3.8, 4) is 11.3 Å². The average molecular weight is 292 g/mol. The molecule has 3 rings (SSSR count). The van der Waals surface area contributed by atoms with Crippen LogP contribution in [0.3, 0.4) is 0 Å². The van der Waals surface area contributed by atoms with Crippen LogP contribution >= 0.6 is 0 Å². The van der Waals surface area contributed by atoms with E-state index in [2.05, 4.69) is 15.3 Å². The Hall–Kier alpha value is -3.28. The number of non-ortho nitro benzene ring substituents is 1. The van der Waals surface area contributed by atoms with Crippen molar-refractivity contribution in [1.82, 2.24) is 9.97 Å². The van der Waals surface area contributed by atoms with Crippen molar-refractivity contribution in [3.05, 3.63) is 77.1 Å². The third-order valence-electron chi connectivity index (χ3n) is 3.07. The number of nitrogens with zero attached hydrogens (tertiary/aromatic N) is 3. The van der Waals surface area contributed by atoms with Gasteiger partial charge in [-0.3, -0.25) is 10.1 Å². The summed E-state index contributed by atoms with van der Waals surface area (Å²) >= 11 is 0. The number of nitrogens with one attached hydrogen (secondary N) is 1. The molecule has 0 spiro atoms. The third-order valence-corrected chi connectivity index (χ3v) is 3.07. The van der Waals surface area contributed by atoms with Crippen LogP contribution in [0.15, 0.2) is 67.0 Å². The van der Waals surface area contributed by atoms with Crippen LogP contribution in [0.5, 0.6) is 0 Å². The van der Waals surface area contributed by atoms with Crippen molar-refractivity contribution < 1.29 is 4.92 Å². The number of anilines is 2. The van der Waals surface area contributed by atoms with Crippen LogP contribution in [-0.4, -0.2) is 14.9 Å². The Balaban J connectivity index is 1.91. The highest BCUT2D eigenvalue weighted by atomic mass is 16.6. The molecule has 6 nitrogen and oxygen atoms in total. The molecular weight excluding hydrogens is 280 g/mol. The molecule has 0 aliphatic heterocycles. The molecule has 6 heteroatoms. The lowest BCUT2D eigenvalue weighted by Crippen LogP contribution is -1.95. The molecule has 0 aliphatic carbocycles. The molecule has 2 aromatic carbocycles. The van der Waals surface area contributed by atoms with Gasteiger partial charge >= 0.3 is 0 Å². The zero-order chi connectivity index (χ0) is 15.4. The predicted molar refractivity (Wildman–Crippen MR) is 83.8 cm³/mol. The molecule has 22 heavy (non-hydrogen) atoms. The summed E-state index contributed by atoms with van der Waals surface area (Å²) in [4.78, 5) is 18.8. The minimum Gasteiger partial charge on any atom is -0.340 e. The van der Waals surface area contributed by atoms with E-state index in [-0.39, 0.29) is 5.69 Å². The number of hydrogen-bond acceptors (Lipinski definition) is 5. The van der Waals surface area contributed by atoms with Gasteiger partial charge in [0.2, 0.25) is 0 Å². The fraction of sp³-hybridized carbons (Fsp3) is 0. The van der Waals surface area contributed by atoms with Crippen LogP contribution in [0.2, 0.25) is 0 Å². The largest absolute Gasteiger partial charge is 0.340 e. The maximum atomic E-state index is 10.9. The van der Waals surface area contributed by atoms with Gasteiger partial charge in [-0.2, -0.15) is 0 Å². The van der Waals surface area contributed by atoms with Crippen LogP contribution in [0.1, 0.15) is 0 Å². The molecule has 0 atom stereocenters. The molecule has 1 N–H and O–H groups in total. The number of nitro groups is 1. The van der Waals surface area contributed by atoms with Crippen LogP contribution in [0.4, 0.5) is 17.2 Å². The van der Waals surface area contributed by atoms with E-state index in [9.17, 15) is 10.1 Å². The summed E-state index contributed by atoms with van der Waals surface area (Å²) in [5, 5.41) is 14.0. The first-order chi connectivity index (χ1) is 10.7. The number of rotatable bonds is 4. The van der Waals surface area contributed by atoms with Crippen molar-refractivity contribution in [2.75, 3.05) is 5.32 Å². The van der Waals surface area contributed by atoms with E-state index in [0.29, 0.717) is 17.1 Å². The maximum Gasteiger partial charge on any atom is 0.270 e. The Bertz CT molecular complexity index is 806. The van der Waals surface area contributed by atoms with Crippen LogP contribution in [0.25, 0.3) is 11.3 Å². The number of hydrogen-bond donors (Lipinski definition) is 1. The SMILES string of the molecule is O=[N+]([O-])c1cccc(-c2cc(Nc3ccccc3)ncn2)c1. The molecule has 0 fully saturated rings. The summed E-state index contributed by atoms with van der Waals surface area (Å²) in [5.74, 6) is 0.628. The highest BCUT2D eigenvalue weighted by Crippen LogP contribution is 2.24. The highest BCUT2D eigenvalue weighted by Gasteiger charge is 2.08. The van der Waals surface area contributed by atoms with Gasteiger partial charge in [-0.1, -0.05) is 30.3 Å². The van der Waals surface area contributed by atoms with Crippen LogP contribution in [-0.2, 0) is 0 Å². The molecule has 3 aromatic rings. The van der Waals surface area contributed by atoms with E-state index >= 15 is 0 Å². The fourth-order valence-corrected chi connectivity index (χ4v) is 2.03. The van der Waals surface area contributed by atoms with Crippen molar-refractivity contribution in [2.24, 2.45) is 0 Å². The van der Waals surface area contributed by atoms with Gasteiger partial charge in [0.1, 0.15) is 12.1 Å². The van der Waals surface area contributed by atoms with Gasteiger partial charge in [0.15, 0.2) is 0 Å². The molecule has 0 amide bonds. The summed E-state index contributed by atoms with van der Waals surface area (Å²) < 4.78 is 0. The predicted octanol–water partition coefficient (Wildman–Crippen LogP) is 3.80. The van der Waals surface area contributed by atoms with Gasteiger partial charge < -0.3 is 5.32 Å². The average Bonchev–Trinajstić information content (AvgIpc) is 2.56. The molecule has 0 radical (unpaired) electrons. The number of aromatic nitrogens is 2. The van der Waals surface area contributed by atoms with E-state index in [0.717, 1.165) is 5.69 Å². The lowest BCUT2D eigenvalue weighted by Gasteiger charge is -2.06. The molecular formula is C16H12N4O2. The minimum atomic E-state index is -0.423. The third kappa shape index (κ3) is 3.06. The maximum absolute atomic E-state index is 10.9. The normalized spacial score (nSPS) is 10.2. The number of nitro benzene ring substituents is 1. The van der Waals surface area contributed by atoms with Crippen molar-refractivity contribution in [2.45, 2.75) is 0 Å². The molecule has 0 saturated heterocycles. The Kier molecular flexibility index (Phi) is 3.74. The van der Waals surface area contributed by atoms with E-state index < -0.39 is 4.92 Å². The lowest BCUT2D eigenvalue weighted by atomic mass is 10.1. The van der Waals surface area contributed by atoms with Gasteiger partial charge in [-0.25, -0.2) is 9.97 Å². The zero-order valence-electron chi connectivity index (χ0n) is 11.5. The van der Waals surface area contributed by atoms with Crippen molar-refractivity contribution in [3.63, 3.8) is 0 Å². The Morgan fingerprint density at radius 2 is 1.77 bits per heavy atom. The second-order valence-corrected chi connectivity index (χ2v) is 4.59. The van der Waals surface area contributed by atoms with E-state index in [1.807, 2.05) is 30.3 Å². The number of benzene rings is 2. The van der Waals surface area contributed by atoms with Gasteiger partial charge in [0.05, 0.1) is 10.6 Å². The minimum absolute atomic E-state index is 0.0358. The smallest absolute Gasteiger partial charge is 0.270 e. The lowest BCUT2D eigenvalue weighted by molar-refractivity contribution is -0.384. The molecule has 108 valence electrons. The summed E-state index contributed by atoms with van der Waals surface area (Å²) in [6, 6.07) is 17.7. The van der Waals surface area contributed by atoms with E-state index in [1.165, 1.54) is 18.5 Å². The van der Waals surface area contributed by atoms with Gasteiger partial charge in [-0.05, 0) is 12.1 Å². The summed E-state index contributed by atoms with van der Waals surface area (Å²) in [7, 11) is 0. The second-order valence-electron chi connectivity index (χ2n) is 4.59. The van der Waals surface area contributed by atoms with Crippen molar-refractivity contribution in [1.29, 1.82) is 0 Å². The monoisotopic (exact) mass is 292 g/mol. The molecule has 0 aliphatic rings. The highest BCUT2D eigenvalue weighted by molar-refractivity contribution is 5.67. The summed E-state index contributed by atoms with van der Waals surface area (Å²) in [6.45, 7) is 0. The molecule has 0 bridgehead atoms. The molecule has 0 unspecified atom stereocenters. The topological polar surface area (TPSA) is 81.0 Å². The Morgan fingerprint density at radius 1 is 0.955 bits per heavy atom. The van der Waals surface area contributed by atoms with Crippen LogP contribution in [0, 0.1) is 10.1 Å². The van der Waals surface area contributed by atoms with E-state index in [4.69, 9.17) is 0 Å². The summed E-state index contributed by atoms with van der Waals surface area (Å²) in [5.41, 5.74) is 2.24. The molecule has 0 saturated carbocycles. The first-order valence-electron chi connectivity index (χ1n) is 6.61. The molecule has 1 heterocycles. The first kappa shape index (κ1) is 13.7.